The van der Waals surface area contributed by atoms with Gasteiger partial charge >= 0.3 is 0 Å². The van der Waals surface area contributed by atoms with E-state index in [-0.39, 0.29) is 30.2 Å². The van der Waals surface area contributed by atoms with Gasteiger partial charge < -0.3 is 5.73 Å². The van der Waals surface area contributed by atoms with Crippen LogP contribution >= 0.6 is 12.4 Å². The van der Waals surface area contributed by atoms with Gasteiger partial charge in [0, 0.05) is 19.0 Å². The summed E-state index contributed by atoms with van der Waals surface area (Å²) in [6.45, 7) is 1.50. The lowest BCUT2D eigenvalue weighted by molar-refractivity contribution is -0.127. The lowest BCUT2D eigenvalue weighted by Gasteiger charge is -2.33. The average molecular weight is 449 g/mol. The van der Waals surface area contributed by atoms with Crippen LogP contribution in [-0.4, -0.2) is 29.8 Å². The Morgan fingerprint density at radius 3 is 1.81 bits per heavy atom. The van der Waals surface area contributed by atoms with Crippen molar-refractivity contribution in [3.63, 3.8) is 0 Å². The summed E-state index contributed by atoms with van der Waals surface area (Å²) in [5.74, 6) is 0.544. The second-order valence-electron chi connectivity index (χ2n) is 7.86. The highest BCUT2D eigenvalue weighted by molar-refractivity contribution is 5.87. The summed E-state index contributed by atoms with van der Waals surface area (Å²) in [6.07, 6.45) is 1.73. The first-order valence-electron chi connectivity index (χ1n) is 10.7. The predicted molar refractivity (Wildman–Crippen MR) is 132 cm³/mol. The molecule has 4 rings (SSSR count). The second-order valence-corrected chi connectivity index (χ2v) is 7.86. The Morgan fingerprint density at radius 1 is 0.844 bits per heavy atom. The van der Waals surface area contributed by atoms with Crippen molar-refractivity contribution in [3.05, 3.63) is 102 Å². The molecule has 0 atom stereocenters. The van der Waals surface area contributed by atoms with Gasteiger partial charge in [-0.05, 0) is 36.1 Å². The molecule has 0 saturated carbocycles. The number of amides is 1. The van der Waals surface area contributed by atoms with Crippen molar-refractivity contribution in [3.8, 4) is 0 Å². The molecule has 0 aliphatic carbocycles. The third-order valence-electron chi connectivity index (χ3n) is 5.72. The van der Waals surface area contributed by atoms with Gasteiger partial charge in [-0.1, -0.05) is 78.9 Å². The maximum absolute atomic E-state index is 13.3. The van der Waals surface area contributed by atoms with Crippen molar-refractivity contribution in [1.82, 2.24) is 10.4 Å². The molecule has 6 heteroatoms. The Balaban J connectivity index is 0.00000289. The maximum Gasteiger partial charge on any atom is 0.246 e. The zero-order valence-electron chi connectivity index (χ0n) is 17.9. The molecule has 1 amide bonds. The van der Waals surface area contributed by atoms with Gasteiger partial charge in [-0.3, -0.25) is 10.2 Å². The van der Waals surface area contributed by atoms with Gasteiger partial charge in [-0.25, -0.2) is 10.0 Å². The number of amidine groups is 1. The van der Waals surface area contributed by atoms with E-state index < -0.39 is 0 Å². The molecular formula is C26H29ClN4O. The Kier molecular flexibility index (Phi) is 8.42. The van der Waals surface area contributed by atoms with E-state index in [2.05, 4.69) is 10.4 Å². The van der Waals surface area contributed by atoms with Crippen molar-refractivity contribution in [2.45, 2.75) is 18.8 Å². The van der Waals surface area contributed by atoms with E-state index in [1.807, 2.05) is 96.0 Å². The molecule has 32 heavy (non-hydrogen) atoms. The minimum Gasteiger partial charge on any atom is -0.387 e. The van der Waals surface area contributed by atoms with Gasteiger partial charge in [0.25, 0.3) is 0 Å². The Labute approximate surface area is 195 Å². The SMILES string of the molecule is Cl.NC(=Nc1ccccc1)C1CCN(NC(=O)C(c2ccccc2)c2ccccc2)CC1. The number of nitrogens with one attached hydrogen (secondary N) is 1. The fourth-order valence-electron chi connectivity index (χ4n) is 4.04. The predicted octanol–water partition coefficient (Wildman–Crippen LogP) is 4.67. The standard InChI is InChI=1S/C26H28N4O.ClH/c27-25(28-23-14-8-3-9-15-23)22-16-18-30(19-17-22)29-26(31)24(20-10-4-1-5-11-20)21-12-6-2-7-13-21;/h1-15,22,24H,16-19H2,(H2,27,28)(H,29,31);1H. The highest BCUT2D eigenvalue weighted by Crippen LogP contribution is 2.25. The lowest BCUT2D eigenvalue weighted by Crippen LogP contribution is -2.49. The molecule has 1 fully saturated rings. The molecule has 1 aliphatic rings. The van der Waals surface area contributed by atoms with E-state index in [4.69, 9.17) is 5.73 Å². The summed E-state index contributed by atoms with van der Waals surface area (Å²) >= 11 is 0. The molecule has 3 aromatic rings. The number of piperidine rings is 1. The molecule has 1 saturated heterocycles. The van der Waals surface area contributed by atoms with Gasteiger partial charge in [-0.2, -0.15) is 0 Å². The maximum atomic E-state index is 13.3. The summed E-state index contributed by atoms with van der Waals surface area (Å²) < 4.78 is 0. The Morgan fingerprint density at radius 2 is 1.31 bits per heavy atom. The number of nitrogens with zero attached hydrogens (tertiary/aromatic N) is 2. The van der Waals surface area contributed by atoms with Crippen molar-refractivity contribution in [2.75, 3.05) is 13.1 Å². The number of para-hydroxylation sites is 1. The Hall–Kier alpha value is -3.15. The molecule has 1 heterocycles. The molecule has 0 unspecified atom stereocenters. The number of hydrogen-bond acceptors (Lipinski definition) is 3. The largest absolute Gasteiger partial charge is 0.387 e. The third kappa shape index (κ3) is 5.96. The van der Waals surface area contributed by atoms with Crippen LogP contribution in [0.2, 0.25) is 0 Å². The lowest BCUT2D eigenvalue weighted by atomic mass is 9.90. The molecule has 5 nitrogen and oxygen atoms in total. The number of aliphatic imine (C=N–C) groups is 1. The van der Waals surface area contributed by atoms with Crippen LogP contribution in [0.1, 0.15) is 29.9 Å². The van der Waals surface area contributed by atoms with E-state index >= 15 is 0 Å². The summed E-state index contributed by atoms with van der Waals surface area (Å²) in [7, 11) is 0. The average Bonchev–Trinajstić information content (AvgIpc) is 2.82. The van der Waals surface area contributed by atoms with Crippen LogP contribution in [0.25, 0.3) is 0 Å². The number of hydrazine groups is 1. The first-order valence-corrected chi connectivity index (χ1v) is 10.7. The van der Waals surface area contributed by atoms with Crippen LogP contribution in [-0.2, 0) is 4.79 Å². The highest BCUT2D eigenvalue weighted by atomic mass is 35.5. The second kappa shape index (κ2) is 11.5. The highest BCUT2D eigenvalue weighted by Gasteiger charge is 2.27. The van der Waals surface area contributed by atoms with Crippen LogP contribution in [0.4, 0.5) is 5.69 Å². The number of nitrogens with two attached hydrogens (primary N) is 1. The van der Waals surface area contributed by atoms with Crippen LogP contribution in [0, 0.1) is 5.92 Å². The van der Waals surface area contributed by atoms with Crippen LogP contribution < -0.4 is 11.2 Å². The van der Waals surface area contributed by atoms with E-state index in [9.17, 15) is 4.79 Å². The summed E-state index contributed by atoms with van der Waals surface area (Å²) in [6, 6.07) is 29.6. The topological polar surface area (TPSA) is 70.7 Å². The number of carbonyl (C=O) groups is 1. The number of rotatable bonds is 6. The fourth-order valence-corrected chi connectivity index (χ4v) is 4.04. The summed E-state index contributed by atoms with van der Waals surface area (Å²) in [4.78, 5) is 17.8. The molecular weight excluding hydrogens is 420 g/mol. The summed E-state index contributed by atoms with van der Waals surface area (Å²) in [5, 5.41) is 2.01. The first-order chi connectivity index (χ1) is 15.2. The van der Waals surface area contributed by atoms with Gasteiger partial charge in [0.15, 0.2) is 0 Å². The molecule has 166 valence electrons. The minimum absolute atomic E-state index is 0. The monoisotopic (exact) mass is 448 g/mol. The van der Waals surface area contributed by atoms with Crippen molar-refractivity contribution in [1.29, 1.82) is 0 Å². The number of carbonyl (C=O) groups excluding carboxylic acids is 1. The molecule has 3 aromatic carbocycles. The number of halogens is 1. The van der Waals surface area contributed by atoms with Crippen LogP contribution in [0.3, 0.4) is 0 Å². The van der Waals surface area contributed by atoms with Crippen molar-refractivity contribution < 1.29 is 4.79 Å². The number of benzene rings is 3. The molecule has 0 aromatic heterocycles. The zero-order chi connectivity index (χ0) is 21.5. The van der Waals surface area contributed by atoms with E-state index in [0.29, 0.717) is 5.84 Å². The summed E-state index contributed by atoms with van der Waals surface area (Å²) in [5.41, 5.74) is 12.3. The van der Waals surface area contributed by atoms with Crippen LogP contribution in [0.5, 0.6) is 0 Å². The van der Waals surface area contributed by atoms with Gasteiger partial charge in [-0.15, -0.1) is 12.4 Å². The van der Waals surface area contributed by atoms with Gasteiger partial charge in [0.05, 0.1) is 11.6 Å². The molecule has 0 radical (unpaired) electrons. The normalized spacial score (nSPS) is 15.2. The first kappa shape index (κ1) is 23.5. The Bertz CT molecular complexity index is 964. The molecule has 0 bridgehead atoms. The quantitative estimate of drug-likeness (QED) is 0.425. The smallest absolute Gasteiger partial charge is 0.246 e. The van der Waals surface area contributed by atoms with Gasteiger partial charge in [0.2, 0.25) is 5.91 Å². The van der Waals surface area contributed by atoms with E-state index in [0.717, 1.165) is 42.7 Å². The molecule has 1 aliphatic heterocycles. The van der Waals surface area contributed by atoms with Gasteiger partial charge in [0.1, 0.15) is 5.84 Å². The zero-order valence-corrected chi connectivity index (χ0v) is 18.7. The molecule has 0 spiro atoms. The van der Waals surface area contributed by atoms with Crippen molar-refractivity contribution in [2.24, 2.45) is 16.6 Å². The number of hydrogen-bond donors (Lipinski definition) is 2. The minimum atomic E-state index is -0.343. The van der Waals surface area contributed by atoms with Crippen molar-refractivity contribution >= 4 is 29.8 Å². The van der Waals surface area contributed by atoms with Crippen LogP contribution in [0.15, 0.2) is 96.0 Å². The fraction of sp³-hybridized carbons (Fsp3) is 0.231. The van der Waals surface area contributed by atoms with E-state index in [1.54, 1.807) is 0 Å². The van der Waals surface area contributed by atoms with E-state index in [1.165, 1.54) is 0 Å². The molecule has 3 N–H and O–H groups in total. The third-order valence-corrected chi connectivity index (χ3v) is 5.72.